The number of fused-ring (bicyclic) bond motifs is 1. The van der Waals surface area contributed by atoms with Gasteiger partial charge >= 0.3 is 0 Å². The highest BCUT2D eigenvalue weighted by molar-refractivity contribution is 7.09. The second-order valence-corrected chi connectivity index (χ2v) is 7.06. The van der Waals surface area contributed by atoms with Gasteiger partial charge in [-0.05, 0) is 53.3 Å². The number of thiophene rings is 1. The maximum atomic E-state index is 13.0. The Kier molecular flexibility index (Phi) is 3.86. The fourth-order valence-corrected chi connectivity index (χ4v) is 3.90. The van der Waals surface area contributed by atoms with E-state index in [-0.39, 0.29) is 11.7 Å². The molecule has 3 heterocycles. The maximum Gasteiger partial charge on any atom is 0.270 e. The van der Waals surface area contributed by atoms with Crippen LogP contribution in [-0.4, -0.2) is 27.0 Å². The van der Waals surface area contributed by atoms with Crippen LogP contribution >= 0.6 is 11.3 Å². The van der Waals surface area contributed by atoms with Gasteiger partial charge in [-0.3, -0.25) is 4.79 Å². The van der Waals surface area contributed by atoms with E-state index in [1.807, 2.05) is 45.3 Å². The number of amides is 1. The zero-order valence-electron chi connectivity index (χ0n) is 13.2. The van der Waals surface area contributed by atoms with Crippen molar-refractivity contribution >= 4 is 17.2 Å². The number of rotatable bonds is 3. The Hall–Kier alpha value is -2.53. The van der Waals surface area contributed by atoms with Gasteiger partial charge in [-0.25, -0.2) is 0 Å². The molecule has 1 amide bonds. The van der Waals surface area contributed by atoms with Crippen LogP contribution < -0.4 is 0 Å². The van der Waals surface area contributed by atoms with Crippen molar-refractivity contribution in [2.45, 2.75) is 19.5 Å². The summed E-state index contributed by atoms with van der Waals surface area (Å²) in [4.78, 5) is 16.0. The summed E-state index contributed by atoms with van der Waals surface area (Å²) < 4.78 is 2.01. The normalized spacial score (nSPS) is 13.8. The minimum absolute atomic E-state index is 0.0468. The van der Waals surface area contributed by atoms with Gasteiger partial charge in [-0.15, -0.1) is 11.3 Å². The van der Waals surface area contributed by atoms with E-state index in [0.29, 0.717) is 18.8 Å². The third kappa shape index (κ3) is 2.83. The predicted octanol–water partition coefficient (Wildman–Crippen LogP) is 3.50. The number of carbonyl (C=O) groups excluding carboxylic acids is 1. The van der Waals surface area contributed by atoms with Gasteiger partial charge in [0.1, 0.15) is 11.4 Å². The van der Waals surface area contributed by atoms with Gasteiger partial charge in [0.15, 0.2) is 0 Å². The zero-order valence-corrected chi connectivity index (χ0v) is 14.0. The van der Waals surface area contributed by atoms with Crippen molar-refractivity contribution in [3.63, 3.8) is 0 Å². The fraction of sp³-hybridized carbons (Fsp3) is 0.211. The van der Waals surface area contributed by atoms with E-state index in [1.165, 1.54) is 10.4 Å². The van der Waals surface area contributed by atoms with Crippen LogP contribution in [0.15, 0.2) is 54.0 Å². The predicted molar refractivity (Wildman–Crippen MR) is 94.4 cm³/mol. The highest BCUT2D eigenvalue weighted by Gasteiger charge is 2.24. The SMILES string of the molecule is O=C(c1cccn1Cc1cccs1)N1CCc2ccc(O)cc2C1. The zero-order chi connectivity index (χ0) is 16.5. The van der Waals surface area contributed by atoms with E-state index >= 15 is 0 Å². The molecule has 0 spiro atoms. The van der Waals surface area contributed by atoms with Crippen LogP contribution in [0.25, 0.3) is 0 Å². The number of nitrogens with zero attached hydrogens (tertiary/aromatic N) is 2. The molecule has 0 saturated heterocycles. The number of aromatic nitrogens is 1. The minimum Gasteiger partial charge on any atom is -0.508 e. The molecule has 4 nitrogen and oxygen atoms in total. The van der Waals surface area contributed by atoms with Crippen LogP contribution in [0.3, 0.4) is 0 Å². The molecule has 1 aromatic carbocycles. The second kappa shape index (κ2) is 6.17. The monoisotopic (exact) mass is 338 g/mol. The van der Waals surface area contributed by atoms with E-state index in [4.69, 9.17) is 0 Å². The third-order valence-electron chi connectivity index (χ3n) is 4.44. The van der Waals surface area contributed by atoms with Crippen LogP contribution in [0.2, 0.25) is 0 Å². The largest absolute Gasteiger partial charge is 0.508 e. The van der Waals surface area contributed by atoms with E-state index in [2.05, 4.69) is 6.07 Å². The summed E-state index contributed by atoms with van der Waals surface area (Å²) in [6, 6.07) is 13.3. The Morgan fingerprint density at radius 3 is 2.92 bits per heavy atom. The number of hydrogen-bond donors (Lipinski definition) is 1. The molecule has 0 fully saturated rings. The van der Waals surface area contributed by atoms with Crippen molar-refractivity contribution in [1.29, 1.82) is 0 Å². The topological polar surface area (TPSA) is 45.5 Å². The highest BCUT2D eigenvalue weighted by Crippen LogP contribution is 2.24. The summed E-state index contributed by atoms with van der Waals surface area (Å²) in [5, 5.41) is 11.7. The lowest BCUT2D eigenvalue weighted by Gasteiger charge is -2.29. The van der Waals surface area contributed by atoms with Crippen molar-refractivity contribution in [3.8, 4) is 5.75 Å². The number of phenolic OH excluding ortho intramolecular Hbond substituents is 1. The van der Waals surface area contributed by atoms with Gasteiger partial charge in [-0.1, -0.05) is 12.1 Å². The molecule has 0 unspecified atom stereocenters. The smallest absolute Gasteiger partial charge is 0.270 e. The van der Waals surface area contributed by atoms with E-state index in [0.717, 1.165) is 18.5 Å². The molecule has 24 heavy (non-hydrogen) atoms. The number of aromatic hydroxyl groups is 1. The van der Waals surface area contributed by atoms with Crippen LogP contribution in [0.5, 0.6) is 5.75 Å². The average Bonchev–Trinajstić information content (AvgIpc) is 3.26. The van der Waals surface area contributed by atoms with Gasteiger partial charge in [0.05, 0.1) is 6.54 Å². The molecule has 122 valence electrons. The Labute approximate surface area is 144 Å². The molecule has 0 bridgehead atoms. The Morgan fingerprint density at radius 2 is 2.08 bits per heavy atom. The summed E-state index contributed by atoms with van der Waals surface area (Å²) in [5.41, 5.74) is 2.96. The first-order valence-electron chi connectivity index (χ1n) is 7.98. The van der Waals surface area contributed by atoms with Gasteiger partial charge < -0.3 is 14.6 Å². The van der Waals surface area contributed by atoms with E-state index in [1.54, 1.807) is 23.5 Å². The van der Waals surface area contributed by atoms with Gasteiger partial charge in [-0.2, -0.15) is 0 Å². The first-order chi connectivity index (χ1) is 11.7. The molecule has 0 saturated carbocycles. The first-order valence-corrected chi connectivity index (χ1v) is 8.86. The van der Waals surface area contributed by atoms with Gasteiger partial charge in [0.2, 0.25) is 0 Å². The standard InChI is InChI=1S/C19H18N2O2S/c22-16-6-5-14-7-9-21(12-15(14)11-16)19(23)18-4-1-8-20(18)13-17-3-2-10-24-17/h1-6,8,10-11,22H,7,9,12-13H2. The second-order valence-electron chi connectivity index (χ2n) is 6.03. The summed E-state index contributed by atoms with van der Waals surface area (Å²) in [6.45, 7) is 1.98. The van der Waals surface area contributed by atoms with E-state index < -0.39 is 0 Å². The van der Waals surface area contributed by atoms with Crippen molar-refractivity contribution in [3.05, 3.63) is 75.7 Å². The Morgan fingerprint density at radius 1 is 1.17 bits per heavy atom. The molecule has 3 aromatic rings. The van der Waals surface area contributed by atoms with Gasteiger partial charge in [0, 0.05) is 24.2 Å². The molecule has 2 aromatic heterocycles. The average molecular weight is 338 g/mol. The molecule has 1 aliphatic rings. The van der Waals surface area contributed by atoms with Crippen LogP contribution in [-0.2, 0) is 19.5 Å². The molecular weight excluding hydrogens is 320 g/mol. The quantitative estimate of drug-likeness (QED) is 0.794. The van der Waals surface area contributed by atoms with Crippen molar-refractivity contribution in [2.24, 2.45) is 0 Å². The number of carbonyl (C=O) groups is 1. The first kappa shape index (κ1) is 15.0. The van der Waals surface area contributed by atoms with Crippen LogP contribution in [0.4, 0.5) is 0 Å². The lowest BCUT2D eigenvalue weighted by atomic mass is 9.99. The number of hydrogen-bond acceptors (Lipinski definition) is 3. The molecule has 4 rings (SSSR count). The summed E-state index contributed by atoms with van der Waals surface area (Å²) >= 11 is 1.70. The molecule has 0 atom stereocenters. The van der Waals surface area contributed by atoms with Crippen LogP contribution in [0, 0.1) is 0 Å². The molecule has 0 radical (unpaired) electrons. The molecule has 1 aliphatic heterocycles. The third-order valence-corrected chi connectivity index (χ3v) is 5.31. The van der Waals surface area contributed by atoms with Crippen LogP contribution in [0.1, 0.15) is 26.5 Å². The lowest BCUT2D eigenvalue weighted by Crippen LogP contribution is -2.37. The molecule has 0 aliphatic carbocycles. The van der Waals surface area contributed by atoms with Gasteiger partial charge in [0.25, 0.3) is 5.91 Å². The Balaban J connectivity index is 1.56. The number of phenols is 1. The minimum atomic E-state index is 0.0468. The summed E-state index contributed by atoms with van der Waals surface area (Å²) in [5.74, 6) is 0.301. The number of benzene rings is 1. The maximum absolute atomic E-state index is 13.0. The molecule has 1 N–H and O–H groups in total. The van der Waals surface area contributed by atoms with Crippen molar-refractivity contribution in [1.82, 2.24) is 9.47 Å². The fourth-order valence-electron chi connectivity index (χ4n) is 3.20. The van der Waals surface area contributed by atoms with Crippen molar-refractivity contribution < 1.29 is 9.90 Å². The summed E-state index contributed by atoms with van der Waals surface area (Å²) in [6.07, 6.45) is 2.78. The lowest BCUT2D eigenvalue weighted by molar-refractivity contribution is 0.0724. The van der Waals surface area contributed by atoms with E-state index in [9.17, 15) is 9.90 Å². The molecule has 5 heteroatoms. The van der Waals surface area contributed by atoms with Crippen molar-refractivity contribution in [2.75, 3.05) is 6.54 Å². The molecular formula is C19H18N2O2S. The Bertz CT molecular complexity index is 867. The highest BCUT2D eigenvalue weighted by atomic mass is 32.1. The summed E-state index contributed by atoms with van der Waals surface area (Å²) in [7, 11) is 0.